The predicted octanol–water partition coefficient (Wildman–Crippen LogP) is 1.26. The lowest BCUT2D eigenvalue weighted by Crippen LogP contribution is -2.18. The third-order valence-electron chi connectivity index (χ3n) is 2.55. The highest BCUT2D eigenvalue weighted by Crippen LogP contribution is 2.39. The smallest absolute Gasteiger partial charge is 0.225 e. The van der Waals surface area contributed by atoms with Crippen LogP contribution in [0.5, 0.6) is 17.2 Å². The van der Waals surface area contributed by atoms with Crippen LogP contribution in [-0.4, -0.2) is 40.8 Å². The zero-order valence-electron chi connectivity index (χ0n) is 11.7. The highest BCUT2D eigenvalue weighted by molar-refractivity contribution is 5.91. The fourth-order valence-electron chi connectivity index (χ4n) is 1.62. The minimum absolute atomic E-state index is 0.0800. The van der Waals surface area contributed by atoms with Crippen LogP contribution in [0.15, 0.2) is 12.1 Å². The van der Waals surface area contributed by atoms with Gasteiger partial charge in [-0.15, -0.1) is 0 Å². The molecule has 2 N–H and O–H groups in total. The van der Waals surface area contributed by atoms with Crippen molar-refractivity contribution in [3.05, 3.63) is 12.1 Å². The van der Waals surface area contributed by atoms with E-state index in [0.717, 1.165) is 0 Å². The molecule has 1 aromatic rings. The Kier molecular flexibility index (Phi) is 5.95. The van der Waals surface area contributed by atoms with E-state index in [2.05, 4.69) is 10.6 Å². The first-order chi connectivity index (χ1) is 9.15. The summed E-state index contributed by atoms with van der Waals surface area (Å²) in [4.78, 5) is 11.7. The molecule has 1 amide bonds. The Morgan fingerprint density at radius 1 is 1.11 bits per heavy atom. The first-order valence-electron chi connectivity index (χ1n) is 5.90. The summed E-state index contributed by atoms with van der Waals surface area (Å²) in [5.74, 6) is 1.43. The molecule has 0 spiro atoms. The number of amides is 1. The number of benzene rings is 1. The average molecular weight is 268 g/mol. The van der Waals surface area contributed by atoms with Gasteiger partial charge in [0.25, 0.3) is 0 Å². The van der Waals surface area contributed by atoms with E-state index >= 15 is 0 Å². The lowest BCUT2D eigenvalue weighted by molar-refractivity contribution is -0.116. The van der Waals surface area contributed by atoms with Crippen molar-refractivity contribution in [2.24, 2.45) is 0 Å². The number of rotatable bonds is 7. The molecule has 0 aromatic heterocycles. The Morgan fingerprint density at radius 3 is 2.11 bits per heavy atom. The molecule has 6 heteroatoms. The summed E-state index contributed by atoms with van der Waals surface area (Å²) in [5, 5.41) is 5.70. The van der Waals surface area contributed by atoms with E-state index in [0.29, 0.717) is 35.9 Å². The summed E-state index contributed by atoms with van der Waals surface area (Å²) in [7, 11) is 6.39. The van der Waals surface area contributed by atoms with Gasteiger partial charge in [-0.2, -0.15) is 0 Å². The molecule has 6 nitrogen and oxygen atoms in total. The van der Waals surface area contributed by atoms with E-state index in [9.17, 15) is 4.79 Å². The Morgan fingerprint density at radius 2 is 1.68 bits per heavy atom. The Labute approximate surface area is 113 Å². The number of methoxy groups -OCH3 is 3. The molecule has 19 heavy (non-hydrogen) atoms. The van der Waals surface area contributed by atoms with Crippen molar-refractivity contribution in [2.45, 2.75) is 6.42 Å². The minimum atomic E-state index is -0.0800. The average Bonchev–Trinajstić information content (AvgIpc) is 2.43. The van der Waals surface area contributed by atoms with Crippen molar-refractivity contribution in [3.63, 3.8) is 0 Å². The number of anilines is 1. The molecular weight excluding hydrogens is 248 g/mol. The van der Waals surface area contributed by atoms with Crippen molar-refractivity contribution in [2.75, 3.05) is 40.2 Å². The molecule has 0 radical (unpaired) electrons. The van der Waals surface area contributed by atoms with E-state index in [1.165, 1.54) is 21.3 Å². The summed E-state index contributed by atoms with van der Waals surface area (Å²) in [5.41, 5.74) is 0.607. The largest absolute Gasteiger partial charge is 0.493 e. The van der Waals surface area contributed by atoms with Crippen LogP contribution in [0.3, 0.4) is 0 Å². The van der Waals surface area contributed by atoms with Gasteiger partial charge < -0.3 is 24.8 Å². The second-order valence-electron chi connectivity index (χ2n) is 3.82. The Balaban J connectivity index is 2.93. The van der Waals surface area contributed by atoms with Crippen molar-refractivity contribution < 1.29 is 19.0 Å². The zero-order chi connectivity index (χ0) is 14.3. The monoisotopic (exact) mass is 268 g/mol. The van der Waals surface area contributed by atoms with Gasteiger partial charge in [0.2, 0.25) is 11.7 Å². The highest BCUT2D eigenvalue weighted by Gasteiger charge is 2.14. The molecule has 1 rings (SSSR count). The van der Waals surface area contributed by atoms with Gasteiger partial charge >= 0.3 is 0 Å². The second kappa shape index (κ2) is 7.48. The van der Waals surface area contributed by atoms with Gasteiger partial charge in [-0.05, 0) is 7.05 Å². The maximum absolute atomic E-state index is 11.7. The maximum atomic E-state index is 11.7. The third kappa shape index (κ3) is 4.03. The number of carbonyl (C=O) groups excluding carboxylic acids is 1. The third-order valence-corrected chi connectivity index (χ3v) is 2.55. The lowest BCUT2D eigenvalue weighted by Gasteiger charge is -2.14. The normalized spacial score (nSPS) is 9.89. The van der Waals surface area contributed by atoms with Crippen LogP contribution in [0.1, 0.15) is 6.42 Å². The summed E-state index contributed by atoms with van der Waals surface area (Å²) in [6.45, 7) is 0.621. The summed E-state index contributed by atoms with van der Waals surface area (Å²) in [6.07, 6.45) is 0.396. The van der Waals surface area contributed by atoms with Gasteiger partial charge in [0, 0.05) is 30.8 Å². The van der Waals surface area contributed by atoms with Crippen LogP contribution in [0.25, 0.3) is 0 Å². The van der Waals surface area contributed by atoms with Crippen LogP contribution in [-0.2, 0) is 4.79 Å². The highest BCUT2D eigenvalue weighted by atomic mass is 16.5. The molecule has 0 atom stereocenters. The fraction of sp³-hybridized carbons (Fsp3) is 0.462. The fourth-order valence-corrected chi connectivity index (χ4v) is 1.62. The van der Waals surface area contributed by atoms with Gasteiger partial charge in [-0.1, -0.05) is 0 Å². The quantitative estimate of drug-likeness (QED) is 0.779. The molecule has 0 aliphatic carbocycles. The van der Waals surface area contributed by atoms with Crippen LogP contribution in [0, 0.1) is 0 Å². The van der Waals surface area contributed by atoms with Gasteiger partial charge in [0.15, 0.2) is 11.5 Å². The topological polar surface area (TPSA) is 68.8 Å². The molecule has 0 heterocycles. The van der Waals surface area contributed by atoms with Crippen LogP contribution in [0.2, 0.25) is 0 Å². The molecule has 0 saturated heterocycles. The van der Waals surface area contributed by atoms with E-state index in [1.807, 2.05) is 0 Å². The molecule has 1 aromatic carbocycles. The van der Waals surface area contributed by atoms with Gasteiger partial charge in [0.1, 0.15) is 0 Å². The lowest BCUT2D eigenvalue weighted by atomic mass is 10.2. The summed E-state index contributed by atoms with van der Waals surface area (Å²) >= 11 is 0. The minimum Gasteiger partial charge on any atom is -0.493 e. The number of nitrogens with one attached hydrogen (secondary N) is 2. The molecule has 0 fully saturated rings. The maximum Gasteiger partial charge on any atom is 0.225 e. The summed E-state index contributed by atoms with van der Waals surface area (Å²) < 4.78 is 15.6. The number of hydrogen-bond donors (Lipinski definition) is 2. The Hall–Kier alpha value is -1.95. The SMILES string of the molecule is CNCCC(=O)Nc1cc(OC)c(OC)c(OC)c1. The number of hydrogen-bond acceptors (Lipinski definition) is 5. The standard InChI is InChI=1S/C13H20N2O4/c1-14-6-5-12(16)15-9-7-10(17-2)13(19-4)11(8-9)18-3/h7-8,14H,5-6H2,1-4H3,(H,15,16). The van der Waals surface area contributed by atoms with Gasteiger partial charge in [-0.25, -0.2) is 0 Å². The molecule has 0 saturated carbocycles. The molecule has 0 aliphatic heterocycles. The van der Waals surface area contributed by atoms with Crippen LogP contribution >= 0.6 is 0 Å². The molecule has 0 bridgehead atoms. The molecular formula is C13H20N2O4. The van der Waals surface area contributed by atoms with Crippen molar-refractivity contribution in [1.29, 1.82) is 0 Å². The predicted molar refractivity (Wildman–Crippen MR) is 73.3 cm³/mol. The van der Waals surface area contributed by atoms with E-state index in [-0.39, 0.29) is 5.91 Å². The van der Waals surface area contributed by atoms with Gasteiger partial charge in [0.05, 0.1) is 21.3 Å². The number of ether oxygens (including phenoxy) is 3. The van der Waals surface area contributed by atoms with Crippen molar-refractivity contribution in [1.82, 2.24) is 5.32 Å². The second-order valence-corrected chi connectivity index (χ2v) is 3.82. The number of carbonyl (C=O) groups is 1. The zero-order valence-corrected chi connectivity index (χ0v) is 11.7. The van der Waals surface area contributed by atoms with Crippen molar-refractivity contribution >= 4 is 11.6 Å². The first-order valence-corrected chi connectivity index (χ1v) is 5.90. The molecule has 106 valence electrons. The van der Waals surface area contributed by atoms with Crippen LogP contribution in [0.4, 0.5) is 5.69 Å². The van der Waals surface area contributed by atoms with E-state index < -0.39 is 0 Å². The van der Waals surface area contributed by atoms with E-state index in [1.54, 1.807) is 19.2 Å². The summed E-state index contributed by atoms with van der Waals surface area (Å²) in [6, 6.07) is 3.39. The molecule has 0 unspecified atom stereocenters. The Bertz CT molecular complexity index is 410. The van der Waals surface area contributed by atoms with Gasteiger partial charge in [-0.3, -0.25) is 4.79 Å². The molecule has 0 aliphatic rings. The van der Waals surface area contributed by atoms with E-state index in [4.69, 9.17) is 14.2 Å². The van der Waals surface area contributed by atoms with Crippen molar-refractivity contribution in [3.8, 4) is 17.2 Å². The van der Waals surface area contributed by atoms with Crippen LogP contribution < -0.4 is 24.8 Å². The first kappa shape index (κ1) is 15.1.